The first-order valence-corrected chi connectivity index (χ1v) is 12.6. The molecule has 0 amide bonds. The fourth-order valence-electron chi connectivity index (χ4n) is 2.66. The van der Waals surface area contributed by atoms with Crippen molar-refractivity contribution in [3.63, 3.8) is 0 Å². The monoisotopic (exact) mass is 492 g/mol. The molecule has 2 rings (SSSR count). The van der Waals surface area contributed by atoms with Crippen LogP contribution in [-0.4, -0.2) is 11.3 Å². The fraction of sp³-hybridized carbons (Fsp3) is 0.500. The van der Waals surface area contributed by atoms with E-state index in [4.69, 9.17) is 5.73 Å². The molecule has 0 aliphatic carbocycles. The maximum absolute atomic E-state index is 10.9. The molecule has 0 radical (unpaired) electrons. The van der Waals surface area contributed by atoms with E-state index in [1.165, 1.54) is 25.7 Å². The zero-order valence-corrected chi connectivity index (χ0v) is 27.1. The van der Waals surface area contributed by atoms with Gasteiger partial charge in [0.25, 0.3) is 0 Å². The first-order chi connectivity index (χ1) is 16.1. The second-order valence-electron chi connectivity index (χ2n) is 6.55. The van der Waals surface area contributed by atoms with E-state index in [1.807, 2.05) is 78.8 Å². The van der Waals surface area contributed by atoms with Crippen molar-refractivity contribution in [3.8, 4) is 11.1 Å². The smallest absolute Gasteiger partial charge is 0.675 e. The Morgan fingerprint density at radius 1 is 1.12 bits per heavy atom. The number of rotatable bonds is 8. The van der Waals surface area contributed by atoms with Crippen molar-refractivity contribution < 1.29 is 56.2 Å². The molecule has 4 heteroatoms. The van der Waals surface area contributed by atoms with Gasteiger partial charge in [-0.2, -0.15) is 43.2 Å². The van der Waals surface area contributed by atoms with E-state index in [9.17, 15) is 4.79 Å². The molecule has 188 valence electrons. The van der Waals surface area contributed by atoms with Crippen LogP contribution in [0.4, 0.5) is 0 Å². The van der Waals surface area contributed by atoms with Gasteiger partial charge >= 0.3 is 51.4 Å². The number of nitrogens with zero attached hydrogens (tertiary/aromatic N) is 1. The van der Waals surface area contributed by atoms with Gasteiger partial charge in [-0.05, 0) is 37.1 Å². The van der Waals surface area contributed by atoms with Crippen LogP contribution in [0.1, 0.15) is 105 Å². The van der Waals surface area contributed by atoms with Crippen LogP contribution in [0.2, 0.25) is 0 Å². The summed E-state index contributed by atoms with van der Waals surface area (Å²) < 4.78 is 0. The van der Waals surface area contributed by atoms with Crippen LogP contribution < -0.4 is 51.4 Å². The van der Waals surface area contributed by atoms with Gasteiger partial charge in [0.1, 0.15) is 6.29 Å². The number of nitrogens with one attached hydrogen (secondary N) is 1. The fourth-order valence-corrected chi connectivity index (χ4v) is 2.66. The SMILES string of the molecule is C/C(C=O)=C\c1c(-c2cc[c-]c(C[NH-])c2)ccnc1C.CC.CC.CC.C[CH-]CCCCC.[K+]. The van der Waals surface area contributed by atoms with Crippen molar-refractivity contribution in [2.24, 2.45) is 0 Å². The number of carbonyl (C=O) groups is 1. The number of allylic oxidation sites excluding steroid dienone is 1. The second kappa shape index (κ2) is 30.4. The van der Waals surface area contributed by atoms with E-state index in [-0.39, 0.29) is 57.9 Å². The third kappa shape index (κ3) is 18.7. The van der Waals surface area contributed by atoms with Crippen LogP contribution in [0.3, 0.4) is 0 Å². The first-order valence-electron chi connectivity index (χ1n) is 12.6. The Labute approximate surface area is 254 Å². The normalized spacial score (nSPS) is 9.21. The Kier molecular flexibility index (Phi) is 36.3. The molecule has 2 aromatic rings. The predicted molar refractivity (Wildman–Crippen MR) is 149 cm³/mol. The molecule has 3 nitrogen and oxygen atoms in total. The van der Waals surface area contributed by atoms with Crippen LogP contribution in [0.25, 0.3) is 22.9 Å². The topological polar surface area (TPSA) is 53.8 Å². The van der Waals surface area contributed by atoms with E-state index in [0.29, 0.717) is 5.57 Å². The number of aldehydes is 1. The van der Waals surface area contributed by atoms with Crippen LogP contribution in [0.15, 0.2) is 36.0 Å². The molecule has 1 aromatic heterocycles. The average Bonchev–Trinajstić information content (AvgIpc) is 2.89. The average molecular weight is 493 g/mol. The van der Waals surface area contributed by atoms with Crippen LogP contribution in [0, 0.1) is 19.4 Å². The second-order valence-corrected chi connectivity index (χ2v) is 6.55. The Hall–Kier alpha value is -0.624. The number of hydrogen-bond acceptors (Lipinski definition) is 2. The van der Waals surface area contributed by atoms with Crippen molar-refractivity contribution in [3.05, 3.63) is 71.1 Å². The predicted octanol–water partition coefficient (Wildman–Crippen LogP) is 6.89. The van der Waals surface area contributed by atoms with Gasteiger partial charge in [0, 0.05) is 17.5 Å². The van der Waals surface area contributed by atoms with E-state index in [2.05, 4.69) is 31.3 Å². The summed E-state index contributed by atoms with van der Waals surface area (Å²) in [5, 5.41) is 0. The summed E-state index contributed by atoms with van der Waals surface area (Å²) in [7, 11) is 0. The van der Waals surface area contributed by atoms with Gasteiger partial charge in [0.15, 0.2) is 0 Å². The minimum absolute atomic E-state index is 0. The van der Waals surface area contributed by atoms with E-state index in [0.717, 1.165) is 34.2 Å². The van der Waals surface area contributed by atoms with Gasteiger partial charge in [0.05, 0.1) is 0 Å². The number of carbonyl (C=O) groups excluding carboxylic acids is 1. The first kappa shape index (κ1) is 40.5. The Bertz CT molecular complexity index is 738. The van der Waals surface area contributed by atoms with Gasteiger partial charge in [0.2, 0.25) is 0 Å². The Morgan fingerprint density at radius 2 is 1.74 bits per heavy atom. The number of unbranched alkanes of at least 4 members (excludes halogenated alkanes) is 4. The number of benzene rings is 1. The minimum Gasteiger partial charge on any atom is -0.675 e. The Morgan fingerprint density at radius 3 is 2.24 bits per heavy atom. The van der Waals surface area contributed by atoms with E-state index in [1.54, 1.807) is 13.1 Å². The number of aromatic nitrogens is 1. The van der Waals surface area contributed by atoms with Gasteiger partial charge < -0.3 is 12.2 Å². The molecule has 0 saturated carbocycles. The summed E-state index contributed by atoms with van der Waals surface area (Å²) in [6.07, 6.45) is 12.1. The number of hydrogen-bond donors (Lipinski definition) is 0. The Balaban J connectivity index is -0.000000272. The van der Waals surface area contributed by atoms with Crippen LogP contribution >= 0.6 is 0 Å². The van der Waals surface area contributed by atoms with Crippen molar-refractivity contribution in [1.82, 2.24) is 4.98 Å². The summed E-state index contributed by atoms with van der Waals surface area (Å²) in [5.74, 6) is 0. The molecule has 0 spiro atoms. The maximum Gasteiger partial charge on any atom is 1.00 e. The molecule has 0 aliphatic rings. The van der Waals surface area contributed by atoms with E-state index < -0.39 is 0 Å². The molecule has 1 N–H and O–H groups in total. The third-order valence-electron chi connectivity index (χ3n) is 4.21. The quantitative estimate of drug-likeness (QED) is 0.132. The van der Waals surface area contributed by atoms with Crippen molar-refractivity contribution in [2.75, 3.05) is 0 Å². The molecule has 0 atom stereocenters. The zero-order chi connectivity index (χ0) is 26.1. The van der Waals surface area contributed by atoms with Gasteiger partial charge in [-0.15, -0.1) is 12.1 Å². The molecule has 34 heavy (non-hydrogen) atoms. The minimum atomic E-state index is 0. The third-order valence-corrected chi connectivity index (χ3v) is 4.21. The van der Waals surface area contributed by atoms with Crippen molar-refractivity contribution in [2.45, 2.75) is 101 Å². The van der Waals surface area contributed by atoms with Crippen LogP contribution in [-0.2, 0) is 11.3 Å². The summed E-state index contributed by atoms with van der Waals surface area (Å²) in [4.78, 5) is 15.1. The number of pyridine rings is 1. The molecule has 0 fully saturated rings. The van der Waals surface area contributed by atoms with Crippen molar-refractivity contribution >= 4 is 12.4 Å². The maximum atomic E-state index is 10.9. The molecular weight excluding hydrogens is 443 g/mol. The number of aryl methyl sites for hydroxylation is 1. The van der Waals surface area contributed by atoms with Crippen LogP contribution in [0.5, 0.6) is 0 Å². The molecular formula is C30H49KN2O-2. The van der Waals surface area contributed by atoms with Gasteiger partial charge in [-0.1, -0.05) is 67.7 Å². The summed E-state index contributed by atoms with van der Waals surface area (Å²) in [6, 6.07) is 10.7. The summed E-state index contributed by atoms with van der Waals surface area (Å²) in [6.45, 7) is 20.3. The molecule has 0 bridgehead atoms. The molecule has 1 aromatic carbocycles. The molecule has 1 heterocycles. The van der Waals surface area contributed by atoms with Crippen molar-refractivity contribution in [1.29, 1.82) is 0 Å². The summed E-state index contributed by atoms with van der Waals surface area (Å²) >= 11 is 0. The zero-order valence-electron chi connectivity index (χ0n) is 24.0. The molecule has 0 saturated heterocycles. The van der Waals surface area contributed by atoms with E-state index >= 15 is 0 Å². The standard InChI is InChI=1S/C17H16N2O.C7H15.3C2H6.K/c1-12(11-20)8-17-13(2)19-7-6-16(17)15-5-3-4-14(9-15)10-18;1-3-5-7-6-4-2;3*1-2;/h3,5-9,11,18H,10H2,1-2H3;3H,4-7H2,1-2H3;3*1-2H3;/q-2;-1;;;;+1/b12-8+;;;;;. The molecule has 0 unspecified atom stereocenters. The summed E-state index contributed by atoms with van der Waals surface area (Å²) in [5.41, 5.74) is 12.8. The largest absolute Gasteiger partial charge is 1.00 e. The van der Waals surface area contributed by atoms with Gasteiger partial charge in [-0.3, -0.25) is 9.78 Å². The van der Waals surface area contributed by atoms with Gasteiger partial charge in [-0.25, -0.2) is 0 Å². The molecule has 0 aliphatic heterocycles.